The Bertz CT molecular complexity index is 1230. The maximum atomic E-state index is 13.7. The van der Waals surface area contributed by atoms with Crippen molar-refractivity contribution in [3.63, 3.8) is 0 Å². The molecule has 0 atom stereocenters. The number of ether oxygens (including phenoxy) is 1. The molecule has 6 nitrogen and oxygen atoms in total. The first-order chi connectivity index (χ1) is 15.1. The van der Waals surface area contributed by atoms with Crippen molar-refractivity contribution in [3.05, 3.63) is 45.8 Å². The third-order valence-corrected chi connectivity index (χ3v) is 6.54. The highest BCUT2D eigenvalue weighted by atomic mass is 28.3. The van der Waals surface area contributed by atoms with Crippen LogP contribution in [0.5, 0.6) is 0 Å². The van der Waals surface area contributed by atoms with E-state index in [0.29, 0.717) is 16.7 Å². The largest absolute Gasteiger partial charge is 0.435 e. The van der Waals surface area contributed by atoms with Crippen LogP contribution in [0.1, 0.15) is 17.0 Å². The first kappa shape index (κ1) is 25.0. The Morgan fingerprint density at radius 3 is 2.33 bits per heavy atom. The number of aryl methyl sites for hydroxylation is 1. The summed E-state index contributed by atoms with van der Waals surface area (Å²) < 4.78 is 92.0. The summed E-state index contributed by atoms with van der Waals surface area (Å²) in [5.74, 6) is -1.13. The first-order valence-electron chi connectivity index (χ1n) is 9.82. The molecule has 3 aromatic rings. The second kappa shape index (κ2) is 8.59. The Kier molecular flexibility index (Phi) is 6.50. The summed E-state index contributed by atoms with van der Waals surface area (Å²) in [5.41, 5.74) is -4.66. The van der Waals surface area contributed by atoms with Crippen LogP contribution in [0.2, 0.25) is 25.7 Å². The van der Waals surface area contributed by atoms with Crippen LogP contribution in [0.15, 0.2) is 27.5 Å². The predicted molar refractivity (Wildman–Crippen MR) is 110 cm³/mol. The van der Waals surface area contributed by atoms with Gasteiger partial charge in [-0.1, -0.05) is 19.6 Å². The van der Waals surface area contributed by atoms with Crippen molar-refractivity contribution >= 4 is 19.2 Å². The van der Waals surface area contributed by atoms with Gasteiger partial charge in [0.05, 0.1) is 23.1 Å². The van der Waals surface area contributed by atoms with Crippen molar-refractivity contribution in [2.24, 2.45) is 0 Å². The van der Waals surface area contributed by atoms with Crippen molar-refractivity contribution in [1.29, 1.82) is 0 Å². The number of nitrogens with zero attached hydrogens (tertiary/aromatic N) is 3. The minimum atomic E-state index is -4.86. The number of alkyl halides is 6. The Morgan fingerprint density at radius 1 is 1.09 bits per heavy atom. The zero-order valence-corrected chi connectivity index (χ0v) is 19.2. The van der Waals surface area contributed by atoms with Crippen LogP contribution in [0.4, 0.5) is 26.3 Å². The average Bonchev–Trinajstić information content (AvgIpc) is 2.98. The van der Waals surface area contributed by atoms with Gasteiger partial charge in [-0.05, 0) is 25.1 Å². The van der Waals surface area contributed by atoms with Gasteiger partial charge in [-0.25, -0.2) is 14.3 Å². The van der Waals surface area contributed by atoms with E-state index < -0.39 is 61.0 Å². The highest BCUT2D eigenvalue weighted by Gasteiger charge is 2.38. The molecule has 180 valence electrons. The second-order valence-electron chi connectivity index (χ2n) is 8.67. The van der Waals surface area contributed by atoms with Gasteiger partial charge >= 0.3 is 18.1 Å². The molecule has 0 saturated carbocycles. The number of benzene rings is 1. The van der Waals surface area contributed by atoms with Gasteiger partial charge in [0.15, 0.2) is 11.3 Å². The van der Waals surface area contributed by atoms with Crippen molar-refractivity contribution < 1.29 is 35.5 Å². The smallest absolute Gasteiger partial charge is 0.407 e. The van der Waals surface area contributed by atoms with Gasteiger partial charge < -0.3 is 9.15 Å². The number of halogens is 6. The number of rotatable bonds is 6. The zero-order chi connectivity index (χ0) is 24.8. The molecule has 1 aromatic carbocycles. The van der Waals surface area contributed by atoms with E-state index in [1.165, 1.54) is 0 Å². The molecule has 3 rings (SSSR count). The van der Waals surface area contributed by atoms with Gasteiger partial charge in [-0.15, -0.1) is 0 Å². The average molecular weight is 493 g/mol. The molecule has 0 aliphatic rings. The number of hydrogen-bond donors (Lipinski definition) is 0. The maximum Gasteiger partial charge on any atom is 0.435 e. The van der Waals surface area contributed by atoms with Crippen molar-refractivity contribution in [2.45, 2.75) is 51.7 Å². The van der Waals surface area contributed by atoms with Gasteiger partial charge in [0.2, 0.25) is 0 Å². The first-order valence-corrected chi connectivity index (χ1v) is 13.5. The van der Waals surface area contributed by atoms with Crippen LogP contribution >= 0.6 is 0 Å². The number of fused-ring (bicyclic) bond motifs is 1. The molecule has 2 heterocycles. The standard InChI is InChI=1S/C20H21F6N3O3Si/c1-11-17(20(24,25)26)28-14(9-27-11)12-5-6-13(19(21,22)23)15-16(12)32-18(30)29(15)10-31-7-8-33(2,3)4/h5-6,9H,7-8,10H2,1-4H3. The summed E-state index contributed by atoms with van der Waals surface area (Å²) in [5, 5.41) is 0. The van der Waals surface area contributed by atoms with Crippen LogP contribution < -0.4 is 5.76 Å². The molecule has 0 saturated heterocycles. The van der Waals surface area contributed by atoms with E-state index in [0.717, 1.165) is 19.2 Å². The molecule has 0 radical (unpaired) electrons. The summed E-state index contributed by atoms with van der Waals surface area (Å²) in [6.45, 7) is 7.09. The van der Waals surface area contributed by atoms with Gasteiger partial charge in [0.25, 0.3) is 0 Å². The molecular weight excluding hydrogens is 472 g/mol. The lowest BCUT2D eigenvalue weighted by Gasteiger charge is -2.16. The molecule has 0 amide bonds. The van der Waals surface area contributed by atoms with E-state index in [4.69, 9.17) is 9.15 Å². The van der Waals surface area contributed by atoms with Crippen LogP contribution in [0.3, 0.4) is 0 Å². The number of oxazole rings is 1. The minimum Gasteiger partial charge on any atom is -0.407 e. The molecule has 0 N–H and O–H groups in total. The van der Waals surface area contributed by atoms with E-state index in [9.17, 15) is 31.1 Å². The molecular formula is C20H21F6N3O3Si. The summed E-state index contributed by atoms with van der Waals surface area (Å²) in [4.78, 5) is 19.6. The van der Waals surface area contributed by atoms with Crippen molar-refractivity contribution in [1.82, 2.24) is 14.5 Å². The Hall–Kier alpha value is -2.67. The molecule has 13 heteroatoms. The molecule has 0 aliphatic heterocycles. The lowest BCUT2D eigenvalue weighted by atomic mass is 10.1. The van der Waals surface area contributed by atoms with Gasteiger partial charge in [-0.3, -0.25) is 4.98 Å². The van der Waals surface area contributed by atoms with Crippen LogP contribution in [-0.4, -0.2) is 29.2 Å². The highest BCUT2D eigenvalue weighted by molar-refractivity contribution is 6.76. The molecule has 0 aliphatic carbocycles. The lowest BCUT2D eigenvalue weighted by molar-refractivity contribution is -0.142. The second-order valence-corrected chi connectivity index (χ2v) is 14.3. The van der Waals surface area contributed by atoms with E-state index in [-0.39, 0.29) is 17.9 Å². The van der Waals surface area contributed by atoms with E-state index >= 15 is 0 Å². The molecule has 2 aromatic heterocycles. The normalized spacial score (nSPS) is 13.2. The maximum absolute atomic E-state index is 13.7. The van der Waals surface area contributed by atoms with E-state index in [1.807, 2.05) is 0 Å². The van der Waals surface area contributed by atoms with E-state index in [2.05, 4.69) is 29.6 Å². The fourth-order valence-corrected chi connectivity index (χ4v) is 3.86. The Balaban J connectivity index is 2.16. The third kappa shape index (κ3) is 5.46. The summed E-state index contributed by atoms with van der Waals surface area (Å²) in [6.07, 6.45) is -8.70. The van der Waals surface area contributed by atoms with Gasteiger partial charge in [0.1, 0.15) is 12.2 Å². The summed E-state index contributed by atoms with van der Waals surface area (Å²) in [6, 6.07) is 2.29. The predicted octanol–water partition coefficient (Wildman–Crippen LogP) is 5.71. The molecule has 0 unspecified atom stereocenters. The Morgan fingerprint density at radius 2 is 1.76 bits per heavy atom. The van der Waals surface area contributed by atoms with E-state index in [1.54, 1.807) is 0 Å². The summed E-state index contributed by atoms with van der Waals surface area (Å²) in [7, 11) is -1.49. The zero-order valence-electron chi connectivity index (χ0n) is 18.2. The SMILES string of the molecule is Cc1ncc(-c2ccc(C(F)(F)F)c3c2oc(=O)n3COCC[Si](C)(C)C)nc1C(F)(F)F. The molecule has 0 fully saturated rings. The molecule has 0 bridgehead atoms. The molecule has 0 spiro atoms. The number of aromatic nitrogens is 3. The summed E-state index contributed by atoms with van der Waals surface area (Å²) >= 11 is 0. The monoisotopic (exact) mass is 493 g/mol. The Labute approximate surface area is 185 Å². The van der Waals surface area contributed by atoms with Crippen LogP contribution in [0, 0.1) is 6.92 Å². The topological polar surface area (TPSA) is 70.2 Å². The highest BCUT2D eigenvalue weighted by Crippen LogP contribution is 2.39. The lowest BCUT2D eigenvalue weighted by Crippen LogP contribution is -2.23. The van der Waals surface area contributed by atoms with Crippen molar-refractivity contribution in [2.75, 3.05) is 6.61 Å². The quantitative estimate of drug-likeness (QED) is 0.250. The third-order valence-electron chi connectivity index (χ3n) is 4.83. The molecule has 33 heavy (non-hydrogen) atoms. The van der Waals surface area contributed by atoms with Gasteiger partial charge in [0, 0.05) is 20.2 Å². The van der Waals surface area contributed by atoms with Crippen LogP contribution in [0.25, 0.3) is 22.4 Å². The fraction of sp³-hybridized carbons (Fsp3) is 0.450. The minimum absolute atomic E-state index is 0.228. The van der Waals surface area contributed by atoms with Gasteiger partial charge in [-0.2, -0.15) is 26.3 Å². The van der Waals surface area contributed by atoms with Crippen molar-refractivity contribution in [3.8, 4) is 11.3 Å². The fourth-order valence-electron chi connectivity index (χ4n) is 3.11. The number of hydrogen-bond acceptors (Lipinski definition) is 5. The van der Waals surface area contributed by atoms with Crippen LogP contribution in [-0.2, 0) is 23.8 Å².